The van der Waals surface area contributed by atoms with E-state index in [1.165, 1.54) is 25.0 Å². The van der Waals surface area contributed by atoms with Gasteiger partial charge in [-0.1, -0.05) is 12.1 Å². The van der Waals surface area contributed by atoms with Crippen molar-refractivity contribution in [3.8, 4) is 0 Å². The average molecular weight is 313 g/mol. The van der Waals surface area contributed by atoms with Gasteiger partial charge in [-0.15, -0.1) is 0 Å². The van der Waals surface area contributed by atoms with Crippen molar-refractivity contribution in [2.75, 3.05) is 7.05 Å². The van der Waals surface area contributed by atoms with Gasteiger partial charge in [0.05, 0.1) is 10.9 Å². The molecular formula is C13H19N3O2S2. The number of rotatable bonds is 4. The van der Waals surface area contributed by atoms with E-state index >= 15 is 0 Å². The summed E-state index contributed by atoms with van der Waals surface area (Å²) in [5.41, 5.74) is 0.986. The lowest BCUT2D eigenvalue weighted by Crippen LogP contribution is -2.39. The lowest BCUT2D eigenvalue weighted by atomic mass is 10.1. The predicted molar refractivity (Wildman–Crippen MR) is 82.7 cm³/mol. The third-order valence-electron chi connectivity index (χ3n) is 3.50. The maximum atomic E-state index is 11.2. The average Bonchev–Trinajstić information content (AvgIpc) is 3.20. The summed E-state index contributed by atoms with van der Waals surface area (Å²) < 4.78 is 22.4. The van der Waals surface area contributed by atoms with Gasteiger partial charge >= 0.3 is 0 Å². The second-order valence-electron chi connectivity index (χ2n) is 5.12. The van der Waals surface area contributed by atoms with Gasteiger partial charge < -0.3 is 10.2 Å². The van der Waals surface area contributed by atoms with Crippen LogP contribution >= 0.6 is 12.2 Å². The van der Waals surface area contributed by atoms with E-state index in [2.05, 4.69) is 5.32 Å². The largest absolute Gasteiger partial charge is 0.360 e. The molecule has 3 N–H and O–H groups in total. The molecular weight excluding hydrogens is 294 g/mol. The van der Waals surface area contributed by atoms with Crippen molar-refractivity contribution >= 4 is 27.4 Å². The first kappa shape index (κ1) is 15.2. The van der Waals surface area contributed by atoms with Crippen LogP contribution in [-0.4, -0.2) is 31.5 Å². The first-order chi connectivity index (χ1) is 9.29. The minimum absolute atomic E-state index is 0.0586. The number of thiocarbonyl (C=S) groups is 1. The Hall–Kier alpha value is -1.18. The van der Waals surface area contributed by atoms with Crippen LogP contribution in [0.4, 0.5) is 0 Å². The maximum absolute atomic E-state index is 11.2. The normalized spacial score (nSPS) is 16.6. The van der Waals surface area contributed by atoms with Crippen molar-refractivity contribution in [3.05, 3.63) is 29.8 Å². The fourth-order valence-corrected chi connectivity index (χ4v) is 2.68. The van der Waals surface area contributed by atoms with Gasteiger partial charge in [-0.05, 0) is 49.7 Å². The summed E-state index contributed by atoms with van der Waals surface area (Å²) in [5, 5.41) is 9.08. The standard InChI is InChI=1S/C13H19N3O2S2/c1-9(16(2)13(19)15-11-5-6-11)10-3-7-12(8-4-10)20(14,17)18/h3-4,7-9,11H,5-6H2,1-2H3,(H,15,19)(H2,14,17,18)/t9-/m1/s1. The molecule has 5 nitrogen and oxygen atoms in total. The van der Waals surface area contributed by atoms with Gasteiger partial charge in [0.1, 0.15) is 0 Å². The van der Waals surface area contributed by atoms with Gasteiger partial charge in [-0.25, -0.2) is 13.6 Å². The number of primary sulfonamides is 1. The van der Waals surface area contributed by atoms with E-state index < -0.39 is 10.0 Å². The molecule has 0 heterocycles. The van der Waals surface area contributed by atoms with E-state index in [4.69, 9.17) is 17.4 Å². The Balaban J connectivity index is 2.07. The summed E-state index contributed by atoms with van der Waals surface area (Å²) in [6, 6.07) is 7.14. The van der Waals surface area contributed by atoms with Gasteiger partial charge in [0.2, 0.25) is 10.0 Å². The van der Waals surface area contributed by atoms with E-state index in [0.29, 0.717) is 6.04 Å². The third kappa shape index (κ3) is 3.68. The molecule has 1 atom stereocenters. The minimum atomic E-state index is -3.64. The minimum Gasteiger partial charge on any atom is -0.360 e. The van der Waals surface area contributed by atoms with Crippen LogP contribution in [0.2, 0.25) is 0 Å². The Labute approximate surface area is 125 Å². The summed E-state index contributed by atoms with van der Waals surface area (Å²) in [7, 11) is -1.71. The van der Waals surface area contributed by atoms with E-state index in [0.717, 1.165) is 10.7 Å². The molecule has 1 aliphatic rings. The maximum Gasteiger partial charge on any atom is 0.238 e. The molecule has 1 fully saturated rings. The molecule has 2 rings (SSSR count). The van der Waals surface area contributed by atoms with E-state index in [-0.39, 0.29) is 10.9 Å². The number of benzene rings is 1. The molecule has 7 heteroatoms. The monoisotopic (exact) mass is 313 g/mol. The zero-order valence-electron chi connectivity index (χ0n) is 11.5. The molecule has 20 heavy (non-hydrogen) atoms. The number of sulfonamides is 1. The summed E-state index contributed by atoms with van der Waals surface area (Å²) >= 11 is 5.35. The lowest BCUT2D eigenvalue weighted by molar-refractivity contribution is 0.395. The van der Waals surface area contributed by atoms with Gasteiger partial charge in [-0.2, -0.15) is 0 Å². The molecule has 1 saturated carbocycles. The molecule has 0 unspecified atom stereocenters. The predicted octanol–water partition coefficient (Wildman–Crippen LogP) is 1.36. The molecule has 110 valence electrons. The molecule has 0 amide bonds. The number of hydrogen-bond acceptors (Lipinski definition) is 3. The molecule has 1 aliphatic carbocycles. The van der Waals surface area contributed by atoms with Gasteiger partial charge in [-0.3, -0.25) is 0 Å². The van der Waals surface area contributed by atoms with Gasteiger partial charge in [0.25, 0.3) is 0 Å². The second-order valence-corrected chi connectivity index (χ2v) is 7.07. The van der Waals surface area contributed by atoms with Crippen molar-refractivity contribution in [1.82, 2.24) is 10.2 Å². The number of nitrogens with zero attached hydrogens (tertiary/aromatic N) is 1. The topological polar surface area (TPSA) is 75.4 Å². The molecule has 1 aromatic carbocycles. The van der Waals surface area contributed by atoms with Crippen molar-refractivity contribution in [3.63, 3.8) is 0 Å². The van der Waals surface area contributed by atoms with Crippen LogP contribution in [0.1, 0.15) is 31.4 Å². The van der Waals surface area contributed by atoms with E-state index in [9.17, 15) is 8.42 Å². The summed E-state index contributed by atoms with van der Waals surface area (Å²) in [6.07, 6.45) is 2.34. The highest BCUT2D eigenvalue weighted by molar-refractivity contribution is 7.89. The van der Waals surface area contributed by atoms with E-state index in [1.807, 2.05) is 18.9 Å². The van der Waals surface area contributed by atoms with Crippen LogP contribution in [0.25, 0.3) is 0 Å². The van der Waals surface area contributed by atoms with Crippen LogP contribution in [0.15, 0.2) is 29.2 Å². The molecule has 0 saturated heterocycles. The Morgan fingerprint density at radius 3 is 2.40 bits per heavy atom. The van der Waals surface area contributed by atoms with Crippen LogP contribution in [0.3, 0.4) is 0 Å². The van der Waals surface area contributed by atoms with Crippen LogP contribution in [0, 0.1) is 0 Å². The van der Waals surface area contributed by atoms with E-state index in [1.54, 1.807) is 12.1 Å². The zero-order chi connectivity index (χ0) is 14.9. The van der Waals surface area contributed by atoms with Crippen LogP contribution < -0.4 is 10.5 Å². The Bertz CT molecular complexity index is 595. The van der Waals surface area contributed by atoms with Crippen LogP contribution in [0.5, 0.6) is 0 Å². The van der Waals surface area contributed by atoms with Crippen LogP contribution in [-0.2, 0) is 10.0 Å². The number of nitrogens with one attached hydrogen (secondary N) is 1. The van der Waals surface area contributed by atoms with Crippen molar-refractivity contribution < 1.29 is 8.42 Å². The molecule has 0 radical (unpaired) electrons. The molecule has 1 aromatic rings. The fraction of sp³-hybridized carbons (Fsp3) is 0.462. The molecule has 0 bridgehead atoms. The quantitative estimate of drug-likeness (QED) is 0.821. The first-order valence-corrected chi connectivity index (χ1v) is 8.40. The summed E-state index contributed by atoms with van der Waals surface area (Å²) in [6.45, 7) is 2.02. The fourth-order valence-electron chi connectivity index (χ4n) is 1.84. The molecule has 0 aliphatic heterocycles. The van der Waals surface area contributed by atoms with Gasteiger partial charge in [0.15, 0.2) is 5.11 Å². The Morgan fingerprint density at radius 1 is 1.40 bits per heavy atom. The smallest absolute Gasteiger partial charge is 0.238 e. The zero-order valence-corrected chi connectivity index (χ0v) is 13.2. The Kier molecular flexibility index (Phi) is 4.31. The van der Waals surface area contributed by atoms with Crippen molar-refractivity contribution in [2.24, 2.45) is 5.14 Å². The Morgan fingerprint density at radius 2 is 1.95 bits per heavy atom. The first-order valence-electron chi connectivity index (χ1n) is 6.45. The highest BCUT2D eigenvalue weighted by Gasteiger charge is 2.24. The SMILES string of the molecule is C[C@H](c1ccc(S(N)(=O)=O)cc1)N(C)C(=S)NC1CC1. The lowest BCUT2D eigenvalue weighted by Gasteiger charge is -2.28. The molecule has 0 spiro atoms. The highest BCUT2D eigenvalue weighted by atomic mass is 32.2. The summed E-state index contributed by atoms with van der Waals surface area (Å²) in [4.78, 5) is 2.09. The second kappa shape index (κ2) is 5.67. The number of hydrogen-bond donors (Lipinski definition) is 2. The van der Waals surface area contributed by atoms with Crippen molar-refractivity contribution in [2.45, 2.75) is 36.7 Å². The molecule has 0 aromatic heterocycles. The highest BCUT2D eigenvalue weighted by Crippen LogP contribution is 2.23. The third-order valence-corrected chi connectivity index (χ3v) is 4.83. The van der Waals surface area contributed by atoms with Gasteiger partial charge in [0, 0.05) is 13.1 Å². The number of nitrogens with two attached hydrogens (primary N) is 1. The van der Waals surface area contributed by atoms with Crippen molar-refractivity contribution in [1.29, 1.82) is 0 Å². The summed E-state index contributed by atoms with van der Waals surface area (Å²) in [5.74, 6) is 0.